The van der Waals surface area contributed by atoms with Crippen LogP contribution in [0.1, 0.15) is 32.8 Å². The number of hydrogen-bond acceptors (Lipinski definition) is 3. The van der Waals surface area contributed by atoms with Gasteiger partial charge in [-0.1, -0.05) is 30.3 Å². The fourth-order valence-corrected chi connectivity index (χ4v) is 4.10. The van der Waals surface area contributed by atoms with Crippen LogP contribution in [0, 0.1) is 5.92 Å². The second kappa shape index (κ2) is 11.4. The molecule has 158 valence electrons. The summed E-state index contributed by atoms with van der Waals surface area (Å²) in [5.41, 5.74) is 1.51. The highest BCUT2D eigenvalue weighted by Gasteiger charge is 2.29. The lowest BCUT2D eigenvalue weighted by molar-refractivity contribution is -0.00688. The third-order valence-corrected chi connectivity index (χ3v) is 5.77. The summed E-state index contributed by atoms with van der Waals surface area (Å²) in [6.07, 6.45) is 2.40. The first-order valence-corrected chi connectivity index (χ1v) is 10.5. The Kier molecular flexibility index (Phi) is 9.50. The van der Waals surface area contributed by atoms with Gasteiger partial charge in [-0.3, -0.25) is 9.89 Å². The van der Waals surface area contributed by atoms with Crippen molar-refractivity contribution < 1.29 is 4.74 Å². The van der Waals surface area contributed by atoms with E-state index in [1.807, 2.05) is 0 Å². The molecule has 0 saturated carbocycles. The standard InChI is InChI=1S/C22H36N4O.HI/c1-4-23-21(24-18-22(2,3)26-12-14-27-15-13-26)25-11-10-20(17-25)16-19-8-6-5-7-9-19;/h5-9,20H,4,10-18H2,1-3H3,(H,23,24);1H. The van der Waals surface area contributed by atoms with Crippen LogP contribution >= 0.6 is 24.0 Å². The molecule has 0 radical (unpaired) electrons. The van der Waals surface area contributed by atoms with Gasteiger partial charge in [-0.2, -0.15) is 0 Å². The predicted octanol–water partition coefficient (Wildman–Crippen LogP) is 3.25. The van der Waals surface area contributed by atoms with E-state index in [0.717, 1.165) is 64.9 Å². The van der Waals surface area contributed by atoms with Gasteiger partial charge >= 0.3 is 0 Å². The molecule has 2 aliphatic heterocycles. The first-order chi connectivity index (χ1) is 13.1. The van der Waals surface area contributed by atoms with Gasteiger partial charge in [0.1, 0.15) is 0 Å². The van der Waals surface area contributed by atoms with E-state index in [1.165, 1.54) is 12.0 Å². The lowest BCUT2D eigenvalue weighted by Gasteiger charge is -2.40. The summed E-state index contributed by atoms with van der Waals surface area (Å²) in [5, 5.41) is 3.52. The van der Waals surface area contributed by atoms with Crippen molar-refractivity contribution in [2.24, 2.45) is 10.9 Å². The average molecular weight is 500 g/mol. The van der Waals surface area contributed by atoms with Gasteiger partial charge in [0, 0.05) is 38.3 Å². The highest BCUT2D eigenvalue weighted by atomic mass is 127. The lowest BCUT2D eigenvalue weighted by Crippen LogP contribution is -2.52. The molecular weight excluding hydrogens is 463 g/mol. The summed E-state index contributed by atoms with van der Waals surface area (Å²) in [4.78, 5) is 9.99. The van der Waals surface area contributed by atoms with E-state index in [-0.39, 0.29) is 29.5 Å². The summed E-state index contributed by atoms with van der Waals surface area (Å²) in [6, 6.07) is 10.9. The van der Waals surface area contributed by atoms with Crippen LogP contribution in [0.2, 0.25) is 0 Å². The molecule has 0 spiro atoms. The first kappa shape index (κ1) is 23.4. The van der Waals surface area contributed by atoms with Gasteiger partial charge in [0.15, 0.2) is 5.96 Å². The number of nitrogens with zero attached hydrogens (tertiary/aromatic N) is 3. The maximum absolute atomic E-state index is 5.50. The van der Waals surface area contributed by atoms with Crippen molar-refractivity contribution in [3.8, 4) is 0 Å². The van der Waals surface area contributed by atoms with Gasteiger partial charge in [-0.15, -0.1) is 24.0 Å². The van der Waals surface area contributed by atoms with Crippen LogP contribution in [0.4, 0.5) is 0 Å². The maximum atomic E-state index is 5.50. The number of likely N-dealkylation sites (tertiary alicyclic amines) is 1. The smallest absolute Gasteiger partial charge is 0.193 e. The zero-order valence-corrected chi connectivity index (χ0v) is 20.0. The minimum Gasteiger partial charge on any atom is -0.379 e. The fourth-order valence-electron chi connectivity index (χ4n) is 4.10. The number of ether oxygens (including phenoxy) is 1. The number of hydrogen-bond donors (Lipinski definition) is 1. The molecule has 3 rings (SSSR count). The van der Waals surface area contributed by atoms with Crippen molar-refractivity contribution in [1.82, 2.24) is 15.1 Å². The molecule has 28 heavy (non-hydrogen) atoms. The zero-order valence-electron chi connectivity index (χ0n) is 17.7. The number of aliphatic imine (C=N–C) groups is 1. The Bertz CT molecular complexity index is 602. The van der Waals surface area contributed by atoms with Crippen LogP contribution < -0.4 is 5.32 Å². The highest BCUT2D eigenvalue weighted by Crippen LogP contribution is 2.22. The number of nitrogens with one attached hydrogen (secondary N) is 1. The zero-order chi connectivity index (χ0) is 19.1. The molecule has 1 atom stereocenters. The van der Waals surface area contributed by atoms with Crippen molar-refractivity contribution in [2.75, 3.05) is 52.5 Å². The van der Waals surface area contributed by atoms with E-state index >= 15 is 0 Å². The molecule has 0 aromatic heterocycles. The van der Waals surface area contributed by atoms with E-state index in [9.17, 15) is 0 Å². The summed E-state index contributed by atoms with van der Waals surface area (Å²) < 4.78 is 5.50. The van der Waals surface area contributed by atoms with E-state index < -0.39 is 0 Å². The van der Waals surface area contributed by atoms with E-state index in [2.05, 4.69) is 66.2 Å². The summed E-state index contributed by atoms with van der Waals surface area (Å²) in [6.45, 7) is 14.3. The lowest BCUT2D eigenvalue weighted by atomic mass is 9.99. The largest absolute Gasteiger partial charge is 0.379 e. The molecule has 0 aliphatic carbocycles. The summed E-state index contributed by atoms with van der Waals surface area (Å²) in [7, 11) is 0. The van der Waals surface area contributed by atoms with Crippen LogP contribution in [-0.2, 0) is 11.2 Å². The fraction of sp³-hybridized carbons (Fsp3) is 0.682. The Hall–Kier alpha value is -0.860. The van der Waals surface area contributed by atoms with E-state index in [0.29, 0.717) is 5.92 Å². The highest BCUT2D eigenvalue weighted by molar-refractivity contribution is 14.0. The van der Waals surface area contributed by atoms with Crippen molar-refractivity contribution >= 4 is 29.9 Å². The number of rotatable bonds is 6. The van der Waals surface area contributed by atoms with E-state index in [4.69, 9.17) is 9.73 Å². The number of benzene rings is 1. The first-order valence-electron chi connectivity index (χ1n) is 10.5. The maximum Gasteiger partial charge on any atom is 0.193 e. The second-order valence-electron chi connectivity index (χ2n) is 8.37. The van der Waals surface area contributed by atoms with Gasteiger partial charge < -0.3 is 15.0 Å². The Balaban J connectivity index is 0.00000280. The SMILES string of the molecule is CCNC(=NCC(C)(C)N1CCOCC1)N1CCC(Cc2ccccc2)C1.I. The second-order valence-corrected chi connectivity index (χ2v) is 8.37. The van der Waals surface area contributed by atoms with Crippen LogP contribution in [0.15, 0.2) is 35.3 Å². The minimum atomic E-state index is 0. The molecule has 6 heteroatoms. The third-order valence-electron chi connectivity index (χ3n) is 5.77. The molecule has 5 nitrogen and oxygen atoms in total. The number of halogens is 1. The van der Waals surface area contributed by atoms with Gasteiger partial charge in [-0.25, -0.2) is 0 Å². The van der Waals surface area contributed by atoms with Crippen molar-refractivity contribution in [3.63, 3.8) is 0 Å². The molecule has 1 unspecified atom stereocenters. The number of morpholine rings is 1. The van der Waals surface area contributed by atoms with Crippen molar-refractivity contribution in [3.05, 3.63) is 35.9 Å². The Morgan fingerprint density at radius 3 is 2.57 bits per heavy atom. The Morgan fingerprint density at radius 1 is 1.18 bits per heavy atom. The molecule has 2 heterocycles. The predicted molar refractivity (Wildman–Crippen MR) is 128 cm³/mol. The van der Waals surface area contributed by atoms with Crippen molar-refractivity contribution in [2.45, 2.75) is 39.2 Å². The monoisotopic (exact) mass is 500 g/mol. The topological polar surface area (TPSA) is 40.1 Å². The molecular formula is C22H37IN4O. The van der Waals surface area contributed by atoms with Gasteiger partial charge in [0.25, 0.3) is 0 Å². The Morgan fingerprint density at radius 2 is 1.89 bits per heavy atom. The third kappa shape index (κ3) is 6.59. The van der Waals surface area contributed by atoms with Gasteiger partial charge in [0.2, 0.25) is 0 Å². The van der Waals surface area contributed by atoms with Crippen molar-refractivity contribution in [1.29, 1.82) is 0 Å². The molecule has 1 aromatic rings. The molecule has 1 N–H and O–H groups in total. The molecule has 2 fully saturated rings. The van der Waals surface area contributed by atoms with Crippen LogP contribution in [0.3, 0.4) is 0 Å². The van der Waals surface area contributed by atoms with Crippen LogP contribution in [0.5, 0.6) is 0 Å². The normalized spacial score (nSPS) is 21.5. The summed E-state index contributed by atoms with van der Waals surface area (Å²) in [5.74, 6) is 1.79. The molecule has 2 saturated heterocycles. The van der Waals surface area contributed by atoms with Crippen LogP contribution in [-0.4, -0.2) is 73.8 Å². The molecule has 2 aliphatic rings. The van der Waals surface area contributed by atoms with E-state index in [1.54, 1.807) is 0 Å². The summed E-state index contributed by atoms with van der Waals surface area (Å²) >= 11 is 0. The quantitative estimate of drug-likeness (QED) is 0.370. The molecule has 0 amide bonds. The van der Waals surface area contributed by atoms with Crippen LogP contribution in [0.25, 0.3) is 0 Å². The minimum absolute atomic E-state index is 0. The molecule has 0 bridgehead atoms. The number of guanidine groups is 1. The van der Waals surface area contributed by atoms with Gasteiger partial charge in [0.05, 0.1) is 19.8 Å². The molecule has 1 aromatic carbocycles. The average Bonchev–Trinajstić information content (AvgIpc) is 3.15. The van der Waals surface area contributed by atoms with Gasteiger partial charge in [-0.05, 0) is 45.1 Å². The Labute approximate surface area is 187 Å².